The van der Waals surface area contributed by atoms with Crippen LogP contribution in [0.3, 0.4) is 0 Å². The van der Waals surface area contributed by atoms with E-state index in [2.05, 4.69) is 4.98 Å². The molecule has 0 aromatic carbocycles. The molecule has 26 heavy (non-hydrogen) atoms. The van der Waals surface area contributed by atoms with Crippen LogP contribution in [0.4, 0.5) is 0 Å². The van der Waals surface area contributed by atoms with E-state index < -0.39 is 0 Å². The molecule has 4 heterocycles. The van der Waals surface area contributed by atoms with Crippen LogP contribution in [0.1, 0.15) is 21.7 Å². The molecule has 2 fully saturated rings. The Kier molecular flexibility index (Phi) is 4.13. The van der Waals surface area contributed by atoms with E-state index in [0.717, 1.165) is 5.56 Å². The number of amides is 1. The second-order valence-electron chi connectivity index (χ2n) is 6.98. The standard InChI is InChI=1S/C19H19N3O4/c1-13-4-5-25-17(13)18(23)22-8-15-9-24-11-19(15,10-22)12-26-16-3-2-14(6-20)7-21-16/h2-5,7,15H,8-12H2,1H3/t15-,19+/m1/s1. The maximum absolute atomic E-state index is 12.8. The predicted octanol–water partition coefficient (Wildman–Crippen LogP) is 2.02. The average molecular weight is 353 g/mol. The number of fused-ring (bicyclic) bond motifs is 1. The van der Waals surface area contributed by atoms with Crippen molar-refractivity contribution in [1.82, 2.24) is 9.88 Å². The van der Waals surface area contributed by atoms with Crippen LogP contribution in [-0.4, -0.2) is 48.7 Å². The molecule has 4 rings (SSSR count). The molecule has 0 spiro atoms. The van der Waals surface area contributed by atoms with Crippen LogP contribution in [0.15, 0.2) is 35.1 Å². The number of ether oxygens (including phenoxy) is 2. The molecule has 2 aliphatic heterocycles. The van der Waals surface area contributed by atoms with Gasteiger partial charge in [0.15, 0.2) is 5.76 Å². The second-order valence-corrected chi connectivity index (χ2v) is 6.98. The fraction of sp³-hybridized carbons (Fsp3) is 0.421. The van der Waals surface area contributed by atoms with Gasteiger partial charge >= 0.3 is 0 Å². The van der Waals surface area contributed by atoms with E-state index in [1.165, 1.54) is 12.5 Å². The van der Waals surface area contributed by atoms with E-state index >= 15 is 0 Å². The van der Waals surface area contributed by atoms with Crippen molar-refractivity contribution in [2.24, 2.45) is 11.3 Å². The van der Waals surface area contributed by atoms with Gasteiger partial charge in [-0.15, -0.1) is 0 Å². The van der Waals surface area contributed by atoms with Gasteiger partial charge in [0.1, 0.15) is 6.07 Å². The van der Waals surface area contributed by atoms with E-state index in [9.17, 15) is 4.79 Å². The summed E-state index contributed by atoms with van der Waals surface area (Å²) in [6.07, 6.45) is 3.03. The zero-order valence-corrected chi connectivity index (χ0v) is 14.5. The first-order chi connectivity index (χ1) is 12.6. The molecule has 0 aliphatic carbocycles. The van der Waals surface area contributed by atoms with E-state index in [1.807, 2.05) is 17.9 Å². The number of nitriles is 1. The molecule has 7 nitrogen and oxygen atoms in total. The Labute approximate surface area is 151 Å². The molecular formula is C19H19N3O4. The van der Waals surface area contributed by atoms with Gasteiger partial charge in [-0.05, 0) is 19.1 Å². The van der Waals surface area contributed by atoms with Crippen molar-refractivity contribution in [1.29, 1.82) is 5.26 Å². The molecule has 0 N–H and O–H groups in total. The molecule has 2 saturated heterocycles. The molecular weight excluding hydrogens is 334 g/mol. The first-order valence-electron chi connectivity index (χ1n) is 8.51. The van der Waals surface area contributed by atoms with Crippen LogP contribution in [0.5, 0.6) is 5.88 Å². The lowest BCUT2D eigenvalue weighted by Gasteiger charge is -2.26. The van der Waals surface area contributed by atoms with Crippen molar-refractivity contribution in [3.8, 4) is 11.9 Å². The number of carbonyl (C=O) groups excluding carboxylic acids is 1. The van der Waals surface area contributed by atoms with Crippen molar-refractivity contribution in [3.05, 3.63) is 47.5 Å². The number of likely N-dealkylation sites (tertiary alicyclic amines) is 1. The zero-order chi connectivity index (χ0) is 18.1. The number of carbonyl (C=O) groups is 1. The van der Waals surface area contributed by atoms with Crippen LogP contribution in [0.25, 0.3) is 0 Å². The van der Waals surface area contributed by atoms with Crippen LogP contribution in [-0.2, 0) is 4.74 Å². The van der Waals surface area contributed by atoms with Crippen molar-refractivity contribution in [2.45, 2.75) is 6.92 Å². The number of aryl methyl sites for hydroxylation is 1. The summed E-state index contributed by atoms with van der Waals surface area (Å²) in [5.41, 5.74) is 1.09. The van der Waals surface area contributed by atoms with Gasteiger partial charge in [0.05, 0.1) is 37.1 Å². The van der Waals surface area contributed by atoms with Crippen LogP contribution in [0, 0.1) is 29.6 Å². The van der Waals surface area contributed by atoms with Gasteiger partial charge in [0.2, 0.25) is 5.88 Å². The van der Waals surface area contributed by atoms with Gasteiger partial charge in [-0.25, -0.2) is 4.98 Å². The molecule has 2 aromatic rings. The quantitative estimate of drug-likeness (QED) is 0.835. The number of rotatable bonds is 4. The van der Waals surface area contributed by atoms with Crippen LogP contribution < -0.4 is 4.74 Å². The summed E-state index contributed by atoms with van der Waals surface area (Å²) in [5.74, 6) is 1.00. The topological polar surface area (TPSA) is 88.6 Å². The smallest absolute Gasteiger partial charge is 0.289 e. The lowest BCUT2D eigenvalue weighted by molar-refractivity contribution is 0.0629. The summed E-state index contributed by atoms with van der Waals surface area (Å²) in [7, 11) is 0. The lowest BCUT2D eigenvalue weighted by Crippen LogP contribution is -2.38. The molecule has 134 valence electrons. The molecule has 2 aliphatic rings. The highest BCUT2D eigenvalue weighted by Crippen LogP contribution is 2.42. The number of furan rings is 1. The summed E-state index contributed by atoms with van der Waals surface area (Å²) in [6.45, 7) is 4.64. The van der Waals surface area contributed by atoms with Crippen LogP contribution >= 0.6 is 0 Å². The minimum atomic E-state index is -0.244. The number of pyridine rings is 1. The Morgan fingerprint density at radius 3 is 3.08 bits per heavy atom. The summed E-state index contributed by atoms with van der Waals surface area (Å²) in [5, 5.41) is 8.84. The molecule has 0 radical (unpaired) electrons. The highest BCUT2D eigenvalue weighted by Gasteiger charge is 2.53. The number of hydrogen-bond donors (Lipinski definition) is 0. The van der Waals surface area contributed by atoms with Gasteiger partial charge in [-0.3, -0.25) is 4.79 Å². The third-order valence-corrected chi connectivity index (χ3v) is 5.24. The van der Waals surface area contributed by atoms with E-state index in [4.69, 9.17) is 19.2 Å². The molecule has 0 bridgehead atoms. The maximum Gasteiger partial charge on any atom is 0.289 e. The summed E-state index contributed by atoms with van der Waals surface area (Å²) in [4.78, 5) is 18.7. The Morgan fingerprint density at radius 1 is 1.50 bits per heavy atom. The van der Waals surface area contributed by atoms with E-state index in [1.54, 1.807) is 18.2 Å². The van der Waals surface area contributed by atoms with Gasteiger partial charge in [-0.2, -0.15) is 5.26 Å². The average Bonchev–Trinajstić information content (AvgIpc) is 3.33. The lowest BCUT2D eigenvalue weighted by atomic mass is 9.82. The minimum Gasteiger partial charge on any atom is -0.477 e. The number of nitrogens with zero attached hydrogens (tertiary/aromatic N) is 3. The number of aromatic nitrogens is 1. The molecule has 0 saturated carbocycles. The normalized spacial score (nSPS) is 24.3. The van der Waals surface area contributed by atoms with Gasteiger partial charge in [0.25, 0.3) is 5.91 Å². The highest BCUT2D eigenvalue weighted by molar-refractivity contribution is 5.93. The SMILES string of the molecule is Cc1ccoc1C(=O)N1C[C@@H]2COC[C@]2(COc2ccc(C#N)cn2)C1. The minimum absolute atomic E-state index is 0.0854. The Hall–Kier alpha value is -2.85. The summed E-state index contributed by atoms with van der Waals surface area (Å²) in [6, 6.07) is 7.18. The van der Waals surface area contributed by atoms with E-state index in [-0.39, 0.29) is 17.2 Å². The third kappa shape index (κ3) is 2.82. The Balaban J connectivity index is 1.47. The maximum atomic E-state index is 12.8. The zero-order valence-electron chi connectivity index (χ0n) is 14.5. The highest BCUT2D eigenvalue weighted by atomic mass is 16.5. The van der Waals surface area contributed by atoms with Crippen LogP contribution in [0.2, 0.25) is 0 Å². The largest absolute Gasteiger partial charge is 0.477 e. The van der Waals surface area contributed by atoms with E-state index in [0.29, 0.717) is 50.1 Å². The van der Waals surface area contributed by atoms with Crippen molar-refractivity contribution >= 4 is 5.91 Å². The van der Waals surface area contributed by atoms with Crippen molar-refractivity contribution in [3.63, 3.8) is 0 Å². The summed E-state index contributed by atoms with van der Waals surface area (Å²) >= 11 is 0. The fourth-order valence-corrected chi connectivity index (χ4v) is 3.68. The van der Waals surface area contributed by atoms with Crippen molar-refractivity contribution in [2.75, 3.05) is 32.9 Å². The van der Waals surface area contributed by atoms with Gasteiger partial charge in [-0.1, -0.05) is 0 Å². The second kappa shape index (κ2) is 6.46. The summed E-state index contributed by atoms with van der Waals surface area (Å²) < 4.78 is 16.9. The third-order valence-electron chi connectivity index (χ3n) is 5.24. The Bertz CT molecular complexity index is 854. The van der Waals surface area contributed by atoms with Crippen molar-refractivity contribution < 1.29 is 18.7 Å². The first-order valence-corrected chi connectivity index (χ1v) is 8.51. The number of hydrogen-bond acceptors (Lipinski definition) is 6. The fourth-order valence-electron chi connectivity index (χ4n) is 3.68. The molecule has 2 aromatic heterocycles. The molecule has 7 heteroatoms. The molecule has 1 amide bonds. The molecule has 2 atom stereocenters. The van der Waals surface area contributed by atoms with Gasteiger partial charge in [0, 0.05) is 36.8 Å². The van der Waals surface area contributed by atoms with Gasteiger partial charge < -0.3 is 18.8 Å². The molecule has 0 unspecified atom stereocenters. The monoisotopic (exact) mass is 353 g/mol. The first kappa shape index (κ1) is 16.6. The predicted molar refractivity (Wildman–Crippen MR) is 90.5 cm³/mol. The Morgan fingerprint density at radius 2 is 2.38 bits per heavy atom.